The Morgan fingerprint density at radius 3 is 2.96 bits per heavy atom. The van der Waals surface area contributed by atoms with E-state index in [1.807, 2.05) is 6.07 Å². The number of aromatic nitrogens is 1. The second kappa shape index (κ2) is 6.47. The summed E-state index contributed by atoms with van der Waals surface area (Å²) in [5.41, 5.74) is 3.15. The summed E-state index contributed by atoms with van der Waals surface area (Å²) in [6, 6.07) is 6.72. The lowest BCUT2D eigenvalue weighted by Crippen LogP contribution is -2.22. The lowest BCUT2D eigenvalue weighted by Gasteiger charge is -2.26. The van der Waals surface area contributed by atoms with Crippen molar-refractivity contribution in [3.05, 3.63) is 47.0 Å². The number of hydrogen-bond acceptors (Lipinski definition) is 4. The van der Waals surface area contributed by atoms with Gasteiger partial charge in [-0.15, -0.1) is 9.24 Å². The van der Waals surface area contributed by atoms with Gasteiger partial charge in [0.2, 0.25) is 0 Å². The number of benzene rings is 1. The number of esters is 1. The van der Waals surface area contributed by atoms with Crippen LogP contribution in [0.4, 0.5) is 4.39 Å². The van der Waals surface area contributed by atoms with E-state index >= 15 is 0 Å². The van der Waals surface area contributed by atoms with Crippen molar-refractivity contribution < 1.29 is 18.7 Å². The highest BCUT2D eigenvalue weighted by Gasteiger charge is 2.37. The predicted molar refractivity (Wildman–Crippen MR) is 95.5 cm³/mol. The molecule has 2 aliphatic rings. The molecule has 3 heterocycles. The number of carbonyl (C=O) groups is 1. The number of carbonyl (C=O) groups excluding carboxylic acids is 1. The zero-order valence-corrected chi connectivity index (χ0v) is 15.1. The normalized spacial score (nSPS) is 21.1. The molecule has 0 spiro atoms. The SMILES string of the molecule is CCOC(=O)c1cc(-c2ccc(P)cc2F)c2c(n1)[C@@H]1CCC(C2)O1. The Kier molecular flexibility index (Phi) is 4.30. The molecule has 4 nitrogen and oxygen atoms in total. The number of hydrogen-bond donors (Lipinski definition) is 0. The van der Waals surface area contributed by atoms with Crippen LogP contribution in [0.25, 0.3) is 11.1 Å². The summed E-state index contributed by atoms with van der Waals surface area (Å²) in [6.07, 6.45) is 2.56. The molecule has 2 aliphatic heterocycles. The first-order valence-corrected chi connectivity index (χ1v) is 9.06. The fraction of sp³-hybridized carbons (Fsp3) is 0.368. The van der Waals surface area contributed by atoms with E-state index in [0.717, 1.165) is 35.0 Å². The molecule has 0 radical (unpaired) electrons. The largest absolute Gasteiger partial charge is 0.461 e. The van der Waals surface area contributed by atoms with Gasteiger partial charge in [0, 0.05) is 12.0 Å². The molecule has 1 fully saturated rings. The van der Waals surface area contributed by atoms with Crippen LogP contribution in [0.3, 0.4) is 0 Å². The molecule has 0 aliphatic carbocycles. The van der Waals surface area contributed by atoms with Crippen molar-refractivity contribution in [3.8, 4) is 11.1 Å². The molecule has 2 unspecified atom stereocenters. The fourth-order valence-corrected chi connectivity index (χ4v) is 3.90. The summed E-state index contributed by atoms with van der Waals surface area (Å²) in [7, 11) is 2.49. The van der Waals surface area contributed by atoms with Crippen LogP contribution in [-0.4, -0.2) is 23.7 Å². The molecule has 0 amide bonds. The number of nitrogens with zero attached hydrogens (tertiary/aromatic N) is 1. The van der Waals surface area contributed by atoms with E-state index < -0.39 is 5.97 Å². The Morgan fingerprint density at radius 2 is 2.20 bits per heavy atom. The highest BCUT2D eigenvalue weighted by molar-refractivity contribution is 7.27. The molecule has 2 aromatic rings. The molecular weight excluding hydrogens is 340 g/mol. The van der Waals surface area contributed by atoms with Crippen LogP contribution >= 0.6 is 9.24 Å². The Bertz CT molecular complexity index is 855. The van der Waals surface area contributed by atoms with Crippen LogP contribution in [0.2, 0.25) is 0 Å². The molecule has 1 saturated heterocycles. The molecule has 6 heteroatoms. The van der Waals surface area contributed by atoms with Crippen LogP contribution in [0.1, 0.15) is 47.6 Å². The molecule has 2 bridgehead atoms. The van der Waals surface area contributed by atoms with Gasteiger partial charge in [0.05, 0.1) is 18.4 Å². The van der Waals surface area contributed by atoms with Gasteiger partial charge < -0.3 is 9.47 Å². The molecule has 0 N–H and O–H groups in total. The van der Waals surface area contributed by atoms with Crippen molar-refractivity contribution in [2.45, 2.75) is 38.4 Å². The summed E-state index contributed by atoms with van der Waals surface area (Å²) >= 11 is 0. The minimum atomic E-state index is -0.491. The number of fused-ring (bicyclic) bond motifs is 4. The van der Waals surface area contributed by atoms with Crippen LogP contribution in [0.5, 0.6) is 0 Å². The maximum Gasteiger partial charge on any atom is 0.356 e. The molecule has 0 saturated carbocycles. The van der Waals surface area contributed by atoms with Crippen molar-refractivity contribution in [1.82, 2.24) is 4.98 Å². The summed E-state index contributed by atoms with van der Waals surface area (Å²) in [5, 5.41) is 0.776. The molecule has 25 heavy (non-hydrogen) atoms. The van der Waals surface area contributed by atoms with Crippen LogP contribution in [0, 0.1) is 5.82 Å². The monoisotopic (exact) mass is 359 g/mol. The smallest absolute Gasteiger partial charge is 0.356 e. The lowest BCUT2D eigenvalue weighted by molar-refractivity contribution is 0.0291. The molecular formula is C19H19FNO3P. The van der Waals surface area contributed by atoms with E-state index in [4.69, 9.17) is 9.47 Å². The number of pyridine rings is 1. The highest BCUT2D eigenvalue weighted by atomic mass is 31.0. The third kappa shape index (κ3) is 2.96. The van der Waals surface area contributed by atoms with E-state index in [9.17, 15) is 9.18 Å². The fourth-order valence-electron chi connectivity index (χ4n) is 3.66. The van der Waals surface area contributed by atoms with E-state index in [2.05, 4.69) is 14.2 Å². The first-order valence-electron chi connectivity index (χ1n) is 8.48. The average molecular weight is 359 g/mol. The summed E-state index contributed by atoms with van der Waals surface area (Å²) < 4.78 is 25.7. The molecule has 1 aromatic heterocycles. The van der Waals surface area contributed by atoms with E-state index in [0.29, 0.717) is 12.0 Å². The third-order valence-corrected chi connectivity index (χ3v) is 5.13. The van der Waals surface area contributed by atoms with Gasteiger partial charge in [-0.05, 0) is 48.3 Å². The van der Waals surface area contributed by atoms with Crippen LogP contribution in [-0.2, 0) is 15.9 Å². The Labute approximate surface area is 148 Å². The van der Waals surface area contributed by atoms with Crippen LogP contribution in [0.15, 0.2) is 24.3 Å². The number of ether oxygens (including phenoxy) is 2. The standard InChI is InChI=1S/C19H19FNO3P/c1-2-23-19(22)16-9-13(12-5-4-11(25)8-15(12)20)14-7-10-3-6-17(24-10)18(14)21-16/h4-5,8-10,17H,2-3,6-7,25H2,1H3/t10?,17-/m0/s1. The molecule has 130 valence electrons. The van der Waals surface area contributed by atoms with Crippen molar-refractivity contribution in [2.75, 3.05) is 6.61 Å². The van der Waals surface area contributed by atoms with Crippen molar-refractivity contribution in [3.63, 3.8) is 0 Å². The molecule has 4 rings (SSSR count). The zero-order valence-electron chi connectivity index (χ0n) is 13.9. The van der Waals surface area contributed by atoms with Gasteiger partial charge in [0.25, 0.3) is 0 Å². The lowest BCUT2D eigenvalue weighted by atomic mass is 9.92. The maximum atomic E-state index is 14.6. The molecule has 1 aromatic carbocycles. The summed E-state index contributed by atoms with van der Waals surface area (Å²) in [6.45, 7) is 2.02. The van der Waals surface area contributed by atoms with Gasteiger partial charge in [0.1, 0.15) is 17.6 Å². The van der Waals surface area contributed by atoms with E-state index in [1.54, 1.807) is 19.1 Å². The third-order valence-electron chi connectivity index (χ3n) is 4.77. The second-order valence-corrected chi connectivity index (χ2v) is 7.07. The Balaban J connectivity index is 1.91. The Hall–Kier alpha value is -1.84. The van der Waals surface area contributed by atoms with Crippen LogP contribution < -0.4 is 5.30 Å². The number of halogens is 1. The Morgan fingerprint density at radius 1 is 1.36 bits per heavy atom. The van der Waals surface area contributed by atoms with Crippen molar-refractivity contribution in [2.24, 2.45) is 0 Å². The van der Waals surface area contributed by atoms with Gasteiger partial charge in [0.15, 0.2) is 0 Å². The first-order chi connectivity index (χ1) is 12.1. The zero-order chi connectivity index (χ0) is 17.6. The second-order valence-electron chi connectivity index (χ2n) is 6.41. The van der Waals surface area contributed by atoms with E-state index in [1.165, 1.54) is 6.07 Å². The summed E-state index contributed by atoms with van der Waals surface area (Å²) in [4.78, 5) is 16.8. The van der Waals surface area contributed by atoms with Gasteiger partial charge in [-0.3, -0.25) is 0 Å². The average Bonchev–Trinajstić information content (AvgIpc) is 2.97. The first kappa shape index (κ1) is 16.6. The van der Waals surface area contributed by atoms with Gasteiger partial charge in [-0.1, -0.05) is 12.1 Å². The summed E-state index contributed by atoms with van der Waals surface area (Å²) in [5.74, 6) is -0.802. The maximum absolute atomic E-state index is 14.6. The van der Waals surface area contributed by atoms with Crippen molar-refractivity contribution >= 4 is 20.5 Å². The quantitative estimate of drug-likeness (QED) is 0.623. The van der Waals surface area contributed by atoms with Gasteiger partial charge in [-0.25, -0.2) is 14.2 Å². The number of rotatable bonds is 3. The van der Waals surface area contributed by atoms with Gasteiger partial charge >= 0.3 is 5.97 Å². The minimum absolute atomic E-state index is 0.119. The minimum Gasteiger partial charge on any atom is -0.461 e. The predicted octanol–water partition coefficient (Wildman–Crippen LogP) is 3.34. The highest BCUT2D eigenvalue weighted by Crippen LogP contribution is 2.44. The molecule has 3 atom stereocenters. The topological polar surface area (TPSA) is 48.4 Å². The van der Waals surface area contributed by atoms with E-state index in [-0.39, 0.29) is 30.3 Å². The van der Waals surface area contributed by atoms with Gasteiger partial charge in [-0.2, -0.15) is 0 Å². The van der Waals surface area contributed by atoms with Crippen molar-refractivity contribution in [1.29, 1.82) is 0 Å².